The number of hydrogen-bond donors (Lipinski definition) is 2. The Labute approximate surface area is 186 Å². The van der Waals surface area contributed by atoms with Crippen molar-refractivity contribution in [1.29, 1.82) is 0 Å². The van der Waals surface area contributed by atoms with Crippen LogP contribution < -0.4 is 5.32 Å². The summed E-state index contributed by atoms with van der Waals surface area (Å²) < 4.78 is 27.0. The Morgan fingerprint density at radius 2 is 1.97 bits per heavy atom. The van der Waals surface area contributed by atoms with Gasteiger partial charge in [-0.25, -0.2) is 13.6 Å². The highest BCUT2D eigenvalue weighted by atomic mass is 35.5. The predicted molar refractivity (Wildman–Crippen MR) is 115 cm³/mol. The molecule has 1 aliphatic heterocycles. The van der Waals surface area contributed by atoms with E-state index in [-0.39, 0.29) is 43.7 Å². The molecule has 3 rings (SSSR count). The molecule has 0 bridgehead atoms. The summed E-state index contributed by atoms with van der Waals surface area (Å²) in [6.07, 6.45) is 2.13. The lowest BCUT2D eigenvalue weighted by Crippen LogP contribution is -2.55. The number of amides is 2. The molecule has 2 amide bonds. The normalized spacial score (nSPS) is 24.2. The Balaban J connectivity index is 1.89. The molecule has 1 aliphatic carbocycles. The number of carboxylic acid groups (broad SMARTS) is 1. The molecule has 8 heteroatoms. The van der Waals surface area contributed by atoms with Crippen molar-refractivity contribution >= 4 is 23.6 Å². The van der Waals surface area contributed by atoms with Gasteiger partial charge in [-0.05, 0) is 54.4 Å². The van der Waals surface area contributed by atoms with Crippen molar-refractivity contribution in [2.45, 2.75) is 70.3 Å². The zero-order valence-corrected chi connectivity index (χ0v) is 18.8. The maximum Gasteiger partial charge on any atom is 0.322 e. The molecule has 1 aromatic rings. The summed E-state index contributed by atoms with van der Waals surface area (Å²) in [4.78, 5) is 25.0. The Hall–Kier alpha value is -2.15. The van der Waals surface area contributed by atoms with E-state index in [0.29, 0.717) is 17.9 Å². The number of nitrogens with one attached hydrogen (secondary N) is 1. The minimum atomic E-state index is -2.59. The maximum atomic E-state index is 13.5. The molecular formula is C23H29ClF2N2O3. The Morgan fingerprint density at radius 1 is 1.32 bits per heavy atom. The predicted octanol–water partition coefficient (Wildman–Crippen LogP) is 5.89. The number of carboxylic acids is 1. The smallest absolute Gasteiger partial charge is 0.322 e. The van der Waals surface area contributed by atoms with E-state index in [9.17, 15) is 18.4 Å². The molecule has 2 N–H and O–H groups in total. The third kappa shape index (κ3) is 5.03. The van der Waals surface area contributed by atoms with E-state index in [0.717, 1.165) is 16.7 Å². The first kappa shape index (κ1) is 23.5. The van der Waals surface area contributed by atoms with Gasteiger partial charge in [0, 0.05) is 30.6 Å². The van der Waals surface area contributed by atoms with E-state index >= 15 is 0 Å². The zero-order chi connectivity index (χ0) is 23.0. The molecule has 2 aliphatic rings. The number of rotatable bonds is 6. The minimum Gasteiger partial charge on any atom is -0.481 e. The largest absolute Gasteiger partial charge is 0.481 e. The van der Waals surface area contributed by atoms with Crippen LogP contribution in [0.3, 0.4) is 0 Å². The second-order valence-corrected chi connectivity index (χ2v) is 9.41. The van der Waals surface area contributed by atoms with Crippen LogP contribution >= 0.6 is 11.6 Å². The Morgan fingerprint density at radius 3 is 2.52 bits per heavy atom. The van der Waals surface area contributed by atoms with Crippen LogP contribution in [0.25, 0.3) is 0 Å². The lowest BCUT2D eigenvalue weighted by molar-refractivity contribution is -0.137. The van der Waals surface area contributed by atoms with Crippen LogP contribution in [-0.2, 0) is 10.3 Å². The number of carbonyl (C=O) groups is 2. The fourth-order valence-corrected chi connectivity index (χ4v) is 4.92. The first-order valence-corrected chi connectivity index (χ1v) is 11.0. The summed E-state index contributed by atoms with van der Waals surface area (Å²) in [5.41, 5.74) is 1.78. The molecule has 0 spiro atoms. The maximum absolute atomic E-state index is 13.5. The SMILES string of the molecule is CC(C)C1=CN(CCC(=O)O)C(=O)N[C@@]1(C)c1ccc(C2CCC(F)(F)CC2)c(Cl)c1. The molecule has 1 aromatic carbocycles. The van der Waals surface area contributed by atoms with Crippen molar-refractivity contribution in [3.8, 4) is 0 Å². The Kier molecular flexibility index (Phi) is 6.65. The molecule has 1 heterocycles. The topological polar surface area (TPSA) is 69.6 Å². The van der Waals surface area contributed by atoms with Gasteiger partial charge in [0.15, 0.2) is 0 Å². The second kappa shape index (κ2) is 8.77. The number of hydrogen-bond acceptors (Lipinski definition) is 2. The van der Waals surface area contributed by atoms with Crippen LogP contribution in [0.2, 0.25) is 5.02 Å². The van der Waals surface area contributed by atoms with E-state index in [1.54, 1.807) is 6.20 Å². The van der Waals surface area contributed by atoms with Crippen LogP contribution in [-0.4, -0.2) is 34.5 Å². The van der Waals surface area contributed by atoms with Gasteiger partial charge in [0.1, 0.15) is 0 Å². The summed E-state index contributed by atoms with van der Waals surface area (Å²) in [6, 6.07) is 5.23. The van der Waals surface area contributed by atoms with Crippen molar-refractivity contribution in [2.24, 2.45) is 5.92 Å². The van der Waals surface area contributed by atoms with Crippen LogP contribution in [0.1, 0.15) is 69.9 Å². The fourth-order valence-electron chi connectivity index (χ4n) is 4.58. The molecule has 1 saturated carbocycles. The number of carbonyl (C=O) groups excluding carboxylic acids is 1. The summed E-state index contributed by atoms with van der Waals surface area (Å²) in [5, 5.41) is 12.5. The number of aliphatic carboxylic acids is 1. The number of nitrogens with zero attached hydrogens (tertiary/aromatic N) is 1. The molecule has 0 aromatic heterocycles. The van der Waals surface area contributed by atoms with Crippen LogP contribution in [0.15, 0.2) is 30.0 Å². The van der Waals surface area contributed by atoms with Crippen molar-refractivity contribution in [3.05, 3.63) is 46.1 Å². The van der Waals surface area contributed by atoms with E-state index in [1.807, 2.05) is 39.0 Å². The van der Waals surface area contributed by atoms with Gasteiger partial charge in [0.05, 0.1) is 12.0 Å². The summed E-state index contributed by atoms with van der Waals surface area (Å²) in [7, 11) is 0. The van der Waals surface area contributed by atoms with Gasteiger partial charge >= 0.3 is 12.0 Å². The van der Waals surface area contributed by atoms with Crippen LogP contribution in [0, 0.1) is 5.92 Å². The van der Waals surface area contributed by atoms with Crippen molar-refractivity contribution in [1.82, 2.24) is 10.2 Å². The standard InChI is InChI=1S/C23H29ClF2N2O3/c1-14(2)18-13-28(11-8-20(29)30)21(31)27-22(18,3)16-4-5-17(19(24)12-16)15-6-9-23(25,26)10-7-15/h4-5,12-15H,6-11H2,1-3H3,(H,27,31)(H,29,30)/t22-/m0/s1. The number of urea groups is 1. The molecule has 0 unspecified atom stereocenters. The van der Waals surface area contributed by atoms with Gasteiger partial charge in [0.25, 0.3) is 0 Å². The molecule has 170 valence electrons. The second-order valence-electron chi connectivity index (χ2n) is 9.00. The highest BCUT2D eigenvalue weighted by Crippen LogP contribution is 2.44. The van der Waals surface area contributed by atoms with Crippen molar-refractivity contribution < 1.29 is 23.5 Å². The highest BCUT2D eigenvalue weighted by Gasteiger charge is 2.40. The Bertz CT molecular complexity index is 893. The van der Waals surface area contributed by atoms with Crippen molar-refractivity contribution in [2.75, 3.05) is 6.54 Å². The van der Waals surface area contributed by atoms with Gasteiger partial charge in [0.2, 0.25) is 5.92 Å². The average molecular weight is 455 g/mol. The fraction of sp³-hybridized carbons (Fsp3) is 0.565. The third-order valence-electron chi connectivity index (χ3n) is 6.41. The third-order valence-corrected chi connectivity index (χ3v) is 6.74. The van der Waals surface area contributed by atoms with Gasteiger partial charge in [-0.3, -0.25) is 4.79 Å². The summed E-state index contributed by atoms with van der Waals surface area (Å²) in [6.45, 7) is 6.00. The molecule has 0 radical (unpaired) electrons. The van der Waals surface area contributed by atoms with Gasteiger partial charge < -0.3 is 15.3 Å². The first-order chi connectivity index (χ1) is 14.4. The minimum absolute atomic E-state index is 0.00143. The summed E-state index contributed by atoms with van der Waals surface area (Å²) >= 11 is 6.60. The molecule has 1 fully saturated rings. The molecule has 31 heavy (non-hydrogen) atoms. The van der Waals surface area contributed by atoms with Gasteiger partial charge in [-0.1, -0.05) is 37.6 Å². The summed E-state index contributed by atoms with van der Waals surface area (Å²) in [5.74, 6) is -3.48. The van der Waals surface area contributed by atoms with E-state index in [2.05, 4.69) is 5.32 Å². The van der Waals surface area contributed by atoms with Crippen LogP contribution in [0.4, 0.5) is 13.6 Å². The van der Waals surface area contributed by atoms with Gasteiger partial charge in [-0.15, -0.1) is 0 Å². The highest BCUT2D eigenvalue weighted by molar-refractivity contribution is 6.31. The average Bonchev–Trinajstić information content (AvgIpc) is 2.67. The zero-order valence-electron chi connectivity index (χ0n) is 18.1. The molecule has 5 nitrogen and oxygen atoms in total. The van der Waals surface area contributed by atoms with Crippen LogP contribution in [0.5, 0.6) is 0 Å². The lowest BCUT2D eigenvalue weighted by atomic mass is 9.77. The monoisotopic (exact) mass is 454 g/mol. The van der Waals surface area contributed by atoms with Gasteiger partial charge in [-0.2, -0.15) is 0 Å². The number of halogens is 3. The molecular weight excluding hydrogens is 426 g/mol. The first-order valence-electron chi connectivity index (χ1n) is 10.6. The van der Waals surface area contributed by atoms with E-state index in [4.69, 9.17) is 16.7 Å². The number of alkyl halides is 2. The van der Waals surface area contributed by atoms with E-state index in [1.165, 1.54) is 4.90 Å². The number of benzene rings is 1. The van der Waals surface area contributed by atoms with E-state index < -0.39 is 17.4 Å². The lowest BCUT2D eigenvalue weighted by Gasteiger charge is -2.42. The molecule has 0 saturated heterocycles. The quantitative estimate of drug-likeness (QED) is 0.563. The van der Waals surface area contributed by atoms with Crippen molar-refractivity contribution in [3.63, 3.8) is 0 Å². The molecule has 1 atom stereocenters.